The summed E-state index contributed by atoms with van der Waals surface area (Å²) in [7, 11) is -3.51. The summed E-state index contributed by atoms with van der Waals surface area (Å²) in [5.41, 5.74) is 1.12. The molecule has 1 saturated heterocycles. The van der Waals surface area contributed by atoms with Crippen molar-refractivity contribution in [1.82, 2.24) is 14.5 Å². The Hall–Kier alpha value is -1.44. The molecule has 0 aliphatic carbocycles. The zero-order valence-electron chi connectivity index (χ0n) is 20.1. The Balaban J connectivity index is 1.93. The summed E-state index contributed by atoms with van der Waals surface area (Å²) in [6.07, 6.45) is 1.12. The summed E-state index contributed by atoms with van der Waals surface area (Å²) < 4.78 is 27.5. The summed E-state index contributed by atoms with van der Waals surface area (Å²) in [6.45, 7) is 16.2. The zero-order valence-corrected chi connectivity index (χ0v) is 20.9. The highest BCUT2D eigenvalue weighted by Crippen LogP contribution is 2.25. The molecule has 0 aromatic heterocycles. The van der Waals surface area contributed by atoms with Gasteiger partial charge in [0.05, 0.1) is 4.90 Å². The van der Waals surface area contributed by atoms with Gasteiger partial charge in [-0.15, -0.1) is 0 Å². The van der Waals surface area contributed by atoms with Crippen molar-refractivity contribution in [3.63, 3.8) is 0 Å². The van der Waals surface area contributed by atoms with E-state index in [4.69, 9.17) is 0 Å². The third-order valence-electron chi connectivity index (χ3n) is 6.55. The van der Waals surface area contributed by atoms with E-state index < -0.39 is 10.0 Å². The standard InChI is InChI=1S/C24H41N3O3S/c1-7-26(8-2)23(19(5)6)17-25-24(28)21-13-15-27(16-14-21)31(29,30)22-11-9-20(10-12-22)18(3)4/h9-12,18-19,21,23H,7-8,13-17H2,1-6H3,(H,25,28)/t23-/m0/s1. The number of piperidine rings is 1. The summed E-state index contributed by atoms with van der Waals surface area (Å²) in [5, 5.41) is 3.14. The number of likely N-dealkylation sites (N-methyl/N-ethyl adjacent to an activating group) is 1. The van der Waals surface area contributed by atoms with Gasteiger partial charge in [-0.3, -0.25) is 9.69 Å². The quantitative estimate of drug-likeness (QED) is 0.589. The van der Waals surface area contributed by atoms with E-state index in [9.17, 15) is 13.2 Å². The molecule has 1 amide bonds. The minimum atomic E-state index is -3.51. The summed E-state index contributed by atoms with van der Waals surface area (Å²) in [4.78, 5) is 15.5. The maximum atomic E-state index is 13.0. The Labute approximate surface area is 189 Å². The number of carbonyl (C=O) groups excluding carboxylic acids is 1. The summed E-state index contributed by atoms with van der Waals surface area (Å²) in [6, 6.07) is 7.48. The lowest BCUT2D eigenvalue weighted by Gasteiger charge is -2.34. The molecule has 0 saturated carbocycles. The molecule has 7 heteroatoms. The molecule has 0 spiro atoms. The number of benzene rings is 1. The van der Waals surface area contributed by atoms with Gasteiger partial charge in [-0.1, -0.05) is 53.7 Å². The topological polar surface area (TPSA) is 69.7 Å². The first kappa shape index (κ1) is 25.8. The molecular formula is C24H41N3O3S. The molecule has 0 unspecified atom stereocenters. The average Bonchev–Trinajstić information content (AvgIpc) is 2.76. The molecule has 1 aliphatic rings. The van der Waals surface area contributed by atoms with Crippen molar-refractivity contribution in [1.29, 1.82) is 0 Å². The molecule has 1 heterocycles. The van der Waals surface area contributed by atoms with Gasteiger partial charge in [-0.25, -0.2) is 8.42 Å². The second kappa shape index (κ2) is 11.4. The second-order valence-corrected chi connectivity index (χ2v) is 11.1. The van der Waals surface area contributed by atoms with Crippen LogP contribution in [0.3, 0.4) is 0 Å². The molecule has 1 aliphatic heterocycles. The Morgan fingerprint density at radius 2 is 1.61 bits per heavy atom. The van der Waals surface area contributed by atoms with Gasteiger partial charge in [-0.2, -0.15) is 4.31 Å². The highest BCUT2D eigenvalue weighted by atomic mass is 32.2. The zero-order chi connectivity index (χ0) is 23.2. The highest BCUT2D eigenvalue weighted by molar-refractivity contribution is 7.89. The van der Waals surface area contributed by atoms with E-state index in [0.717, 1.165) is 18.7 Å². The van der Waals surface area contributed by atoms with E-state index in [1.165, 1.54) is 4.31 Å². The minimum absolute atomic E-state index is 0.0520. The predicted molar refractivity (Wildman–Crippen MR) is 127 cm³/mol. The van der Waals surface area contributed by atoms with Crippen LogP contribution in [-0.4, -0.2) is 62.3 Å². The van der Waals surface area contributed by atoms with Gasteiger partial charge in [0.15, 0.2) is 0 Å². The SMILES string of the molecule is CCN(CC)[C@@H](CNC(=O)C1CCN(S(=O)(=O)c2ccc(C(C)C)cc2)CC1)C(C)C. The molecule has 1 fully saturated rings. The van der Waals surface area contributed by atoms with Crippen LogP contribution in [0, 0.1) is 11.8 Å². The number of carbonyl (C=O) groups is 1. The van der Waals surface area contributed by atoms with Crippen molar-refractivity contribution in [3.05, 3.63) is 29.8 Å². The molecule has 6 nitrogen and oxygen atoms in total. The molecule has 31 heavy (non-hydrogen) atoms. The lowest BCUT2D eigenvalue weighted by atomic mass is 9.96. The minimum Gasteiger partial charge on any atom is -0.354 e. The fraction of sp³-hybridized carbons (Fsp3) is 0.708. The summed E-state index contributed by atoms with van der Waals surface area (Å²) >= 11 is 0. The van der Waals surface area contributed by atoms with Crippen LogP contribution in [0.1, 0.15) is 65.9 Å². The lowest BCUT2D eigenvalue weighted by molar-refractivity contribution is -0.126. The van der Waals surface area contributed by atoms with Gasteiger partial charge in [0.2, 0.25) is 15.9 Å². The van der Waals surface area contributed by atoms with Crippen LogP contribution in [0.4, 0.5) is 0 Å². The van der Waals surface area contributed by atoms with E-state index in [1.54, 1.807) is 12.1 Å². The van der Waals surface area contributed by atoms with Crippen molar-refractivity contribution in [2.24, 2.45) is 11.8 Å². The van der Waals surface area contributed by atoms with Crippen LogP contribution in [0.5, 0.6) is 0 Å². The van der Waals surface area contributed by atoms with Crippen LogP contribution >= 0.6 is 0 Å². The molecule has 1 N–H and O–H groups in total. The Morgan fingerprint density at radius 1 is 1.06 bits per heavy atom. The average molecular weight is 452 g/mol. The van der Waals surface area contributed by atoms with Gasteiger partial charge in [0, 0.05) is 31.6 Å². The fourth-order valence-corrected chi connectivity index (χ4v) is 5.83. The summed E-state index contributed by atoms with van der Waals surface area (Å²) in [5.74, 6) is 0.743. The van der Waals surface area contributed by atoms with E-state index in [-0.39, 0.29) is 11.8 Å². The van der Waals surface area contributed by atoms with E-state index >= 15 is 0 Å². The normalized spacial score (nSPS) is 17.5. The molecule has 176 valence electrons. The van der Waals surface area contributed by atoms with Crippen molar-refractivity contribution < 1.29 is 13.2 Å². The van der Waals surface area contributed by atoms with Crippen LogP contribution in [-0.2, 0) is 14.8 Å². The van der Waals surface area contributed by atoms with Gasteiger partial charge in [-0.05, 0) is 55.5 Å². The van der Waals surface area contributed by atoms with Crippen molar-refractivity contribution in [3.8, 4) is 0 Å². The van der Waals surface area contributed by atoms with Gasteiger partial charge in [0.25, 0.3) is 0 Å². The Kier molecular flexibility index (Phi) is 9.52. The number of rotatable bonds is 10. The number of amides is 1. The van der Waals surface area contributed by atoms with Crippen molar-refractivity contribution >= 4 is 15.9 Å². The maximum absolute atomic E-state index is 13.0. The highest BCUT2D eigenvalue weighted by Gasteiger charge is 2.32. The molecule has 1 aromatic carbocycles. The molecule has 2 rings (SSSR count). The van der Waals surface area contributed by atoms with E-state index in [2.05, 4.69) is 51.8 Å². The maximum Gasteiger partial charge on any atom is 0.243 e. The van der Waals surface area contributed by atoms with Crippen molar-refractivity contribution in [2.75, 3.05) is 32.7 Å². The van der Waals surface area contributed by atoms with E-state index in [1.807, 2.05) is 12.1 Å². The van der Waals surface area contributed by atoms with Crippen LogP contribution in [0.25, 0.3) is 0 Å². The predicted octanol–water partition coefficient (Wildman–Crippen LogP) is 3.69. The van der Waals surface area contributed by atoms with Gasteiger partial charge < -0.3 is 5.32 Å². The molecule has 1 atom stereocenters. The number of hydrogen-bond donors (Lipinski definition) is 1. The monoisotopic (exact) mass is 451 g/mol. The van der Waals surface area contributed by atoms with Gasteiger partial charge in [0.1, 0.15) is 0 Å². The van der Waals surface area contributed by atoms with E-state index in [0.29, 0.717) is 55.2 Å². The molecular weight excluding hydrogens is 410 g/mol. The fourth-order valence-electron chi connectivity index (χ4n) is 4.36. The largest absolute Gasteiger partial charge is 0.354 e. The lowest BCUT2D eigenvalue weighted by Crippen LogP contribution is -2.49. The smallest absolute Gasteiger partial charge is 0.243 e. The van der Waals surface area contributed by atoms with Crippen LogP contribution in [0.15, 0.2) is 29.2 Å². The molecule has 0 bridgehead atoms. The van der Waals surface area contributed by atoms with Crippen LogP contribution in [0.2, 0.25) is 0 Å². The van der Waals surface area contributed by atoms with Crippen LogP contribution < -0.4 is 5.32 Å². The number of nitrogens with zero attached hydrogens (tertiary/aromatic N) is 2. The van der Waals surface area contributed by atoms with Gasteiger partial charge >= 0.3 is 0 Å². The Bertz CT molecular complexity index is 794. The van der Waals surface area contributed by atoms with Crippen molar-refractivity contribution in [2.45, 2.75) is 71.2 Å². The first-order chi connectivity index (χ1) is 14.6. The number of nitrogens with one attached hydrogen (secondary N) is 1. The second-order valence-electron chi connectivity index (χ2n) is 9.18. The first-order valence-corrected chi connectivity index (χ1v) is 13.2. The Morgan fingerprint density at radius 3 is 2.06 bits per heavy atom. The third-order valence-corrected chi connectivity index (χ3v) is 8.46. The molecule has 0 radical (unpaired) electrons. The molecule has 1 aromatic rings. The number of sulfonamides is 1. The third kappa shape index (κ3) is 6.53. The number of hydrogen-bond acceptors (Lipinski definition) is 4. The first-order valence-electron chi connectivity index (χ1n) is 11.7.